The Bertz CT molecular complexity index is 2790. The van der Waals surface area contributed by atoms with E-state index in [1.54, 1.807) is 37.3 Å². The number of nitriles is 1. The Morgan fingerprint density at radius 1 is 0.673 bits per heavy atom. The van der Waals surface area contributed by atoms with Crippen molar-refractivity contribution in [2.75, 3.05) is 0 Å². The average molecular weight is 738 g/mol. The largest absolute Gasteiger partial charge is 0.303 e. The lowest BCUT2D eigenvalue weighted by atomic mass is 9.81. The minimum atomic E-state index is -4.30. The van der Waals surface area contributed by atoms with Crippen LogP contribution < -0.4 is 0 Å². The predicted molar refractivity (Wildman–Crippen MR) is 188 cm³/mol. The summed E-state index contributed by atoms with van der Waals surface area (Å²) < 4.78 is 87.1. The molecule has 9 nitrogen and oxygen atoms in total. The lowest BCUT2D eigenvalue weighted by Gasteiger charge is -2.19. The molecule has 6 aromatic rings. The van der Waals surface area contributed by atoms with E-state index in [1.165, 1.54) is 48.8 Å². The topological polar surface area (TPSA) is 136 Å². The number of carbonyl (C=O) groups excluding carboxylic acids is 2. The Labute approximate surface area is 297 Å². The van der Waals surface area contributed by atoms with E-state index in [4.69, 9.17) is 0 Å². The summed E-state index contributed by atoms with van der Waals surface area (Å²) in [5, 5.41) is 10.2. The molecule has 2 aliphatic rings. The number of nitrogens with zero attached hydrogens (tertiary/aromatic N) is 3. The Hall–Kier alpha value is -5.45. The van der Waals surface area contributed by atoms with Crippen LogP contribution in [0.1, 0.15) is 52.5 Å². The molecule has 4 aromatic carbocycles. The first kappa shape index (κ1) is 33.7. The third kappa shape index (κ3) is 4.67. The highest BCUT2D eigenvalue weighted by Gasteiger charge is 2.77. The number of hydrogen-bond donors (Lipinski definition) is 0. The quantitative estimate of drug-likeness (QED) is 0.148. The van der Waals surface area contributed by atoms with Gasteiger partial charge in [-0.2, -0.15) is 5.26 Å². The normalized spacial score (nSPS) is 22.7. The molecule has 0 aliphatic heterocycles. The second-order valence-electron chi connectivity index (χ2n) is 13.9. The lowest BCUT2D eigenvalue weighted by Crippen LogP contribution is -2.24. The summed E-state index contributed by atoms with van der Waals surface area (Å²) in [6.45, 7) is 3.62. The SMILES string of the molecule is Cc1ccc(S(=O)(=O)n2cc(C3CC3(C=O)C3(C=O)CC3c3cn(S(=O)(=O)c4ccc(C)cc4)c4cc(F)c(F)cc34)c3cc(C#N)ccc32)cc1. The Kier molecular flexibility index (Phi) is 7.30. The smallest absolute Gasteiger partial charge is 0.268 e. The standard InChI is InChI=1S/C39H29F2N3O6S2/c1-23-3-8-26(9-4-23)51(47,48)43-19-30(28-13-25(18-42)7-12-36(28)43)32-16-38(32,21-45)39(22-46)17-33(39)31-20-44(37-15-35(41)34(40)14-29(31)37)52(49,50)27-10-5-24(2)6-11-27/h3-15,19-22,32-33H,16-17H2,1-2H3. The molecule has 262 valence electrons. The maximum atomic E-state index is 14.8. The van der Waals surface area contributed by atoms with Gasteiger partial charge in [0.25, 0.3) is 20.0 Å². The molecule has 0 N–H and O–H groups in total. The monoisotopic (exact) mass is 737 g/mol. The molecular weight excluding hydrogens is 709 g/mol. The molecule has 0 amide bonds. The van der Waals surface area contributed by atoms with Crippen LogP contribution in [-0.4, -0.2) is 37.4 Å². The number of aldehydes is 2. The van der Waals surface area contributed by atoms with Crippen molar-refractivity contribution < 1.29 is 35.2 Å². The summed E-state index contributed by atoms with van der Waals surface area (Å²) in [6.07, 6.45) is 4.34. The third-order valence-electron chi connectivity index (χ3n) is 11.0. The van der Waals surface area contributed by atoms with Crippen LogP contribution in [0.3, 0.4) is 0 Å². The summed E-state index contributed by atoms with van der Waals surface area (Å²) in [4.78, 5) is 26.4. The zero-order valence-electron chi connectivity index (χ0n) is 27.7. The molecule has 13 heteroatoms. The molecule has 0 spiro atoms. The van der Waals surface area contributed by atoms with Crippen LogP contribution >= 0.6 is 0 Å². The van der Waals surface area contributed by atoms with Crippen LogP contribution in [0.4, 0.5) is 8.78 Å². The van der Waals surface area contributed by atoms with Gasteiger partial charge in [-0.15, -0.1) is 0 Å². The molecular formula is C39H29F2N3O6S2. The van der Waals surface area contributed by atoms with Gasteiger partial charge in [0.05, 0.1) is 32.5 Å². The van der Waals surface area contributed by atoms with Crippen LogP contribution in [0.15, 0.2) is 101 Å². The van der Waals surface area contributed by atoms with E-state index in [1.807, 2.05) is 6.92 Å². The van der Waals surface area contributed by atoms with Crippen molar-refractivity contribution in [2.24, 2.45) is 10.8 Å². The predicted octanol–water partition coefficient (Wildman–Crippen LogP) is 6.88. The van der Waals surface area contributed by atoms with Crippen molar-refractivity contribution in [2.45, 2.75) is 48.3 Å². The molecule has 0 radical (unpaired) electrons. The summed E-state index contributed by atoms with van der Waals surface area (Å²) in [5.41, 5.74) is 0.133. The number of aryl methyl sites for hydroxylation is 2. The summed E-state index contributed by atoms with van der Waals surface area (Å²) in [6, 6.07) is 20.7. The average Bonchev–Trinajstić information content (AvgIpc) is 3.98. The molecule has 2 heterocycles. The maximum absolute atomic E-state index is 14.8. The number of halogens is 2. The zero-order chi connectivity index (χ0) is 37.0. The summed E-state index contributed by atoms with van der Waals surface area (Å²) in [7, 11) is -8.43. The van der Waals surface area contributed by atoms with Gasteiger partial charge < -0.3 is 9.59 Å². The number of carbonyl (C=O) groups is 2. The van der Waals surface area contributed by atoms with E-state index in [-0.39, 0.29) is 50.2 Å². The van der Waals surface area contributed by atoms with E-state index in [9.17, 15) is 40.5 Å². The minimum Gasteiger partial charge on any atom is -0.303 e. The molecule has 8 rings (SSSR count). The first-order valence-electron chi connectivity index (χ1n) is 16.3. The molecule has 0 saturated heterocycles. The van der Waals surface area contributed by atoms with Gasteiger partial charge in [-0.3, -0.25) is 0 Å². The van der Waals surface area contributed by atoms with Gasteiger partial charge in [-0.25, -0.2) is 33.6 Å². The number of fused-ring (bicyclic) bond motifs is 2. The molecule has 52 heavy (non-hydrogen) atoms. The number of aromatic nitrogens is 2. The van der Waals surface area contributed by atoms with Crippen molar-refractivity contribution in [1.82, 2.24) is 7.94 Å². The fraction of sp³-hybridized carbons (Fsp3) is 0.205. The van der Waals surface area contributed by atoms with E-state index < -0.39 is 54.3 Å². The third-order valence-corrected chi connectivity index (χ3v) is 14.4. The highest BCUT2D eigenvalue weighted by Crippen LogP contribution is 2.80. The number of hydrogen-bond acceptors (Lipinski definition) is 7. The fourth-order valence-electron chi connectivity index (χ4n) is 7.95. The lowest BCUT2D eigenvalue weighted by molar-refractivity contribution is -0.122. The molecule has 2 fully saturated rings. The molecule has 4 atom stereocenters. The second-order valence-corrected chi connectivity index (χ2v) is 17.5. The van der Waals surface area contributed by atoms with Crippen LogP contribution in [0, 0.1) is 47.6 Å². The van der Waals surface area contributed by atoms with Crippen molar-refractivity contribution in [1.29, 1.82) is 5.26 Å². The van der Waals surface area contributed by atoms with E-state index in [2.05, 4.69) is 6.07 Å². The van der Waals surface area contributed by atoms with Gasteiger partial charge in [-0.05, 0) is 86.3 Å². The highest BCUT2D eigenvalue weighted by atomic mass is 32.2. The zero-order valence-corrected chi connectivity index (χ0v) is 29.4. The minimum absolute atomic E-state index is 0.0376. The number of benzene rings is 4. The van der Waals surface area contributed by atoms with Crippen LogP contribution in [0.25, 0.3) is 21.8 Å². The van der Waals surface area contributed by atoms with Crippen molar-refractivity contribution in [3.05, 3.63) is 131 Å². The van der Waals surface area contributed by atoms with Gasteiger partial charge in [0.2, 0.25) is 0 Å². The number of rotatable bonds is 9. The molecule has 2 aliphatic carbocycles. The van der Waals surface area contributed by atoms with Crippen molar-refractivity contribution in [3.8, 4) is 6.07 Å². The van der Waals surface area contributed by atoms with Gasteiger partial charge in [-0.1, -0.05) is 35.4 Å². The second kappa shape index (κ2) is 11.3. The van der Waals surface area contributed by atoms with Gasteiger partial charge >= 0.3 is 0 Å². The van der Waals surface area contributed by atoms with Crippen LogP contribution in [0.5, 0.6) is 0 Å². The van der Waals surface area contributed by atoms with E-state index in [0.717, 1.165) is 31.2 Å². The Morgan fingerprint density at radius 2 is 1.12 bits per heavy atom. The summed E-state index contributed by atoms with van der Waals surface area (Å²) >= 11 is 0. The molecule has 4 unspecified atom stereocenters. The van der Waals surface area contributed by atoms with Crippen LogP contribution in [0.2, 0.25) is 0 Å². The first-order valence-corrected chi connectivity index (χ1v) is 19.2. The van der Waals surface area contributed by atoms with Gasteiger partial charge in [0, 0.05) is 51.9 Å². The molecule has 0 bridgehead atoms. The van der Waals surface area contributed by atoms with Gasteiger partial charge in [0.15, 0.2) is 11.6 Å². The van der Waals surface area contributed by atoms with Crippen molar-refractivity contribution >= 4 is 54.4 Å². The fourth-order valence-corrected chi connectivity index (χ4v) is 10.7. The first-order chi connectivity index (χ1) is 24.7. The highest BCUT2D eigenvalue weighted by molar-refractivity contribution is 7.90. The van der Waals surface area contributed by atoms with E-state index in [0.29, 0.717) is 23.5 Å². The Balaban J connectivity index is 1.25. The van der Waals surface area contributed by atoms with Crippen LogP contribution in [-0.2, 0) is 29.6 Å². The van der Waals surface area contributed by atoms with Crippen molar-refractivity contribution in [3.63, 3.8) is 0 Å². The van der Waals surface area contributed by atoms with E-state index >= 15 is 0 Å². The molecule has 2 aromatic heterocycles. The van der Waals surface area contributed by atoms with Gasteiger partial charge in [0.1, 0.15) is 12.6 Å². The summed E-state index contributed by atoms with van der Waals surface area (Å²) in [5.74, 6) is -3.86. The molecule has 2 saturated carbocycles. The Morgan fingerprint density at radius 3 is 1.58 bits per heavy atom. The maximum Gasteiger partial charge on any atom is 0.268 e.